The average molecular weight is 370 g/mol. The second kappa shape index (κ2) is 8.48. The minimum absolute atomic E-state index is 0.111. The summed E-state index contributed by atoms with van der Waals surface area (Å²) in [5.74, 6) is 0.878. The van der Waals surface area contributed by atoms with Crippen LogP contribution < -0.4 is 5.32 Å². The van der Waals surface area contributed by atoms with E-state index < -0.39 is 0 Å². The van der Waals surface area contributed by atoms with Gasteiger partial charge in [0.2, 0.25) is 0 Å². The molecule has 0 saturated carbocycles. The van der Waals surface area contributed by atoms with Gasteiger partial charge in [-0.05, 0) is 36.2 Å². The number of nitrogens with zero attached hydrogens (tertiary/aromatic N) is 3. The second-order valence-electron chi connectivity index (χ2n) is 6.65. The molecular weight excluding hydrogens is 348 g/mol. The molecule has 4 aromatic rings. The molecule has 0 fully saturated rings. The zero-order valence-electron chi connectivity index (χ0n) is 15.6. The molecule has 0 aliphatic rings. The van der Waals surface area contributed by atoms with Crippen molar-refractivity contribution in [3.63, 3.8) is 0 Å². The Morgan fingerprint density at radius 1 is 0.929 bits per heavy atom. The average Bonchev–Trinajstić information content (AvgIpc) is 3.11. The Bertz CT molecular complexity index is 1060. The highest BCUT2D eigenvalue weighted by atomic mass is 16.1. The van der Waals surface area contributed by atoms with Crippen LogP contribution in [0.25, 0.3) is 11.0 Å². The Hall–Kier alpha value is -3.47. The summed E-state index contributed by atoms with van der Waals surface area (Å²) >= 11 is 0. The first kappa shape index (κ1) is 17.9. The van der Waals surface area contributed by atoms with Gasteiger partial charge in [-0.25, -0.2) is 4.98 Å². The molecule has 140 valence electrons. The van der Waals surface area contributed by atoms with Crippen molar-refractivity contribution in [1.29, 1.82) is 0 Å². The molecule has 0 spiro atoms. The van der Waals surface area contributed by atoms with Crippen molar-refractivity contribution in [2.75, 3.05) is 6.54 Å². The Morgan fingerprint density at radius 3 is 2.57 bits per heavy atom. The summed E-state index contributed by atoms with van der Waals surface area (Å²) in [4.78, 5) is 21.0. The van der Waals surface area contributed by atoms with Gasteiger partial charge in [-0.3, -0.25) is 9.78 Å². The van der Waals surface area contributed by atoms with E-state index in [0.717, 1.165) is 29.8 Å². The molecule has 0 saturated heterocycles. The van der Waals surface area contributed by atoms with Gasteiger partial charge in [0.15, 0.2) is 0 Å². The highest BCUT2D eigenvalue weighted by molar-refractivity contribution is 5.93. The summed E-state index contributed by atoms with van der Waals surface area (Å²) < 4.78 is 2.26. The lowest BCUT2D eigenvalue weighted by molar-refractivity contribution is 0.0953. The summed E-state index contributed by atoms with van der Waals surface area (Å²) in [5.41, 5.74) is 3.99. The van der Waals surface area contributed by atoms with E-state index in [2.05, 4.69) is 45.2 Å². The van der Waals surface area contributed by atoms with E-state index >= 15 is 0 Å². The van der Waals surface area contributed by atoms with E-state index in [-0.39, 0.29) is 5.91 Å². The van der Waals surface area contributed by atoms with E-state index in [0.29, 0.717) is 18.5 Å². The zero-order valence-corrected chi connectivity index (χ0v) is 15.6. The fourth-order valence-corrected chi connectivity index (χ4v) is 3.34. The quantitative estimate of drug-likeness (QED) is 0.540. The van der Waals surface area contributed by atoms with Gasteiger partial charge in [0, 0.05) is 31.9 Å². The first-order valence-electron chi connectivity index (χ1n) is 9.47. The molecule has 2 aromatic carbocycles. The Balaban J connectivity index is 1.47. The number of hydrogen-bond acceptors (Lipinski definition) is 3. The van der Waals surface area contributed by atoms with Crippen molar-refractivity contribution in [3.05, 3.63) is 96.1 Å². The molecule has 0 radical (unpaired) electrons. The first-order chi connectivity index (χ1) is 13.8. The van der Waals surface area contributed by atoms with Crippen molar-refractivity contribution in [2.45, 2.75) is 19.4 Å². The van der Waals surface area contributed by atoms with Crippen LogP contribution in [0.4, 0.5) is 0 Å². The van der Waals surface area contributed by atoms with Crippen LogP contribution in [0.1, 0.15) is 21.7 Å². The number of pyridine rings is 1. The van der Waals surface area contributed by atoms with Gasteiger partial charge in [-0.2, -0.15) is 0 Å². The SMILES string of the molecule is O=C(NCCc1nc2ccccc2n1CCc1ccccc1)c1cccnc1. The van der Waals surface area contributed by atoms with Crippen molar-refractivity contribution >= 4 is 16.9 Å². The number of amides is 1. The number of fused-ring (bicyclic) bond motifs is 1. The monoisotopic (exact) mass is 370 g/mol. The number of carbonyl (C=O) groups excluding carboxylic acids is 1. The standard InChI is InChI=1S/C23H22N4O/c28-23(19-9-6-14-24-17-19)25-15-12-22-26-20-10-4-5-11-21(20)27(22)16-13-18-7-2-1-3-8-18/h1-11,14,17H,12-13,15-16H2,(H,25,28). The second-order valence-corrected chi connectivity index (χ2v) is 6.65. The maximum absolute atomic E-state index is 12.2. The minimum Gasteiger partial charge on any atom is -0.352 e. The maximum atomic E-state index is 12.2. The lowest BCUT2D eigenvalue weighted by Crippen LogP contribution is -2.26. The maximum Gasteiger partial charge on any atom is 0.252 e. The number of hydrogen-bond donors (Lipinski definition) is 1. The summed E-state index contributed by atoms with van der Waals surface area (Å²) in [7, 11) is 0. The van der Waals surface area contributed by atoms with Gasteiger partial charge >= 0.3 is 0 Å². The van der Waals surface area contributed by atoms with Gasteiger partial charge in [0.1, 0.15) is 5.82 Å². The molecule has 1 N–H and O–H groups in total. The van der Waals surface area contributed by atoms with Crippen LogP contribution in [0, 0.1) is 0 Å². The van der Waals surface area contributed by atoms with Crippen LogP contribution in [0.2, 0.25) is 0 Å². The predicted octanol–water partition coefficient (Wildman–Crippen LogP) is 3.65. The van der Waals surface area contributed by atoms with Gasteiger partial charge in [-0.15, -0.1) is 0 Å². The molecule has 1 amide bonds. The number of rotatable bonds is 7. The molecule has 0 unspecified atom stereocenters. The Kier molecular flexibility index (Phi) is 5.43. The molecule has 28 heavy (non-hydrogen) atoms. The van der Waals surface area contributed by atoms with E-state index in [9.17, 15) is 4.79 Å². The molecule has 2 heterocycles. The number of carbonyl (C=O) groups is 1. The van der Waals surface area contributed by atoms with Crippen molar-refractivity contribution in [3.8, 4) is 0 Å². The third-order valence-corrected chi connectivity index (χ3v) is 4.76. The summed E-state index contributed by atoms with van der Waals surface area (Å²) in [6.07, 6.45) is 4.85. The molecule has 5 nitrogen and oxygen atoms in total. The van der Waals surface area contributed by atoms with Crippen LogP contribution >= 0.6 is 0 Å². The van der Waals surface area contributed by atoms with Gasteiger partial charge in [0.25, 0.3) is 5.91 Å². The Labute approximate surface area is 164 Å². The smallest absolute Gasteiger partial charge is 0.252 e. The number of para-hydroxylation sites is 2. The molecule has 4 rings (SSSR count). The number of aryl methyl sites for hydroxylation is 2. The third kappa shape index (κ3) is 4.09. The lowest BCUT2D eigenvalue weighted by atomic mass is 10.1. The van der Waals surface area contributed by atoms with E-state index in [1.54, 1.807) is 24.5 Å². The highest BCUT2D eigenvalue weighted by Gasteiger charge is 2.11. The van der Waals surface area contributed by atoms with Crippen molar-refractivity contribution in [2.24, 2.45) is 0 Å². The largest absolute Gasteiger partial charge is 0.352 e. The minimum atomic E-state index is -0.111. The van der Waals surface area contributed by atoms with Crippen LogP contribution in [-0.4, -0.2) is 27.0 Å². The third-order valence-electron chi connectivity index (χ3n) is 4.76. The van der Waals surface area contributed by atoms with E-state index in [1.807, 2.05) is 24.3 Å². The number of benzene rings is 2. The lowest BCUT2D eigenvalue weighted by Gasteiger charge is -2.10. The summed E-state index contributed by atoms with van der Waals surface area (Å²) in [6.45, 7) is 1.39. The summed E-state index contributed by atoms with van der Waals surface area (Å²) in [5, 5.41) is 2.96. The van der Waals surface area contributed by atoms with Crippen molar-refractivity contribution < 1.29 is 4.79 Å². The molecule has 0 aliphatic heterocycles. The molecule has 0 aliphatic carbocycles. The fraction of sp³-hybridized carbons (Fsp3) is 0.174. The molecule has 0 bridgehead atoms. The van der Waals surface area contributed by atoms with Crippen LogP contribution in [-0.2, 0) is 19.4 Å². The van der Waals surface area contributed by atoms with Crippen molar-refractivity contribution in [1.82, 2.24) is 19.9 Å². The summed E-state index contributed by atoms with van der Waals surface area (Å²) in [6, 6.07) is 22.2. The zero-order chi connectivity index (χ0) is 19.2. The molecule has 0 atom stereocenters. The number of aromatic nitrogens is 3. The van der Waals surface area contributed by atoms with Gasteiger partial charge in [-0.1, -0.05) is 42.5 Å². The normalized spacial score (nSPS) is 10.9. The Morgan fingerprint density at radius 2 is 1.75 bits per heavy atom. The predicted molar refractivity (Wildman–Crippen MR) is 110 cm³/mol. The van der Waals surface area contributed by atoms with E-state index in [4.69, 9.17) is 4.98 Å². The topological polar surface area (TPSA) is 59.8 Å². The van der Waals surface area contributed by atoms with Crippen LogP contribution in [0.5, 0.6) is 0 Å². The molecular formula is C23H22N4O. The first-order valence-corrected chi connectivity index (χ1v) is 9.47. The molecule has 2 aromatic heterocycles. The number of imidazole rings is 1. The number of nitrogens with one attached hydrogen (secondary N) is 1. The van der Waals surface area contributed by atoms with Gasteiger partial charge < -0.3 is 9.88 Å². The van der Waals surface area contributed by atoms with Gasteiger partial charge in [0.05, 0.1) is 16.6 Å². The van der Waals surface area contributed by atoms with E-state index in [1.165, 1.54) is 5.56 Å². The molecule has 5 heteroatoms. The van der Waals surface area contributed by atoms with Crippen LogP contribution in [0.15, 0.2) is 79.1 Å². The fourth-order valence-electron chi connectivity index (χ4n) is 3.34. The highest BCUT2D eigenvalue weighted by Crippen LogP contribution is 2.17. The van der Waals surface area contributed by atoms with Crippen LogP contribution in [0.3, 0.4) is 0 Å².